The second kappa shape index (κ2) is 5.89. The van der Waals surface area contributed by atoms with E-state index < -0.39 is 0 Å². The Bertz CT molecular complexity index is 527. The number of nitrogens with two attached hydrogens (primary N) is 1. The van der Waals surface area contributed by atoms with E-state index in [2.05, 4.69) is 9.88 Å². The third kappa shape index (κ3) is 2.83. The monoisotopic (exact) mass is 247 g/mol. The Labute approximate surface area is 106 Å². The van der Waals surface area contributed by atoms with Crippen LogP contribution in [-0.4, -0.2) is 30.0 Å². The molecule has 2 rings (SSSR count). The van der Waals surface area contributed by atoms with Crippen molar-refractivity contribution < 1.29 is 4.39 Å². The van der Waals surface area contributed by atoms with Crippen molar-refractivity contribution in [1.29, 1.82) is 0 Å². The van der Waals surface area contributed by atoms with Crippen molar-refractivity contribution in [2.45, 2.75) is 13.0 Å². The lowest BCUT2D eigenvalue weighted by Crippen LogP contribution is -2.21. The first-order valence-electron chi connectivity index (χ1n) is 6.13. The fraction of sp³-hybridized carbons (Fsp3) is 0.357. The Morgan fingerprint density at radius 3 is 2.94 bits per heavy atom. The Balaban J connectivity index is 2.26. The molecule has 0 saturated carbocycles. The van der Waals surface area contributed by atoms with Crippen LogP contribution in [0.25, 0.3) is 10.9 Å². The minimum atomic E-state index is -0.216. The van der Waals surface area contributed by atoms with Crippen LogP contribution in [0, 0.1) is 5.82 Å². The van der Waals surface area contributed by atoms with E-state index in [-0.39, 0.29) is 5.82 Å². The maximum absolute atomic E-state index is 13.6. The van der Waals surface area contributed by atoms with Gasteiger partial charge in [-0.05, 0) is 50.3 Å². The molecule has 0 bridgehead atoms. The number of aromatic nitrogens is 1. The largest absolute Gasteiger partial charge is 0.330 e. The van der Waals surface area contributed by atoms with Crippen molar-refractivity contribution in [3.8, 4) is 0 Å². The molecule has 0 saturated heterocycles. The molecule has 0 aliphatic rings. The molecule has 0 unspecified atom stereocenters. The van der Waals surface area contributed by atoms with Gasteiger partial charge in [0, 0.05) is 18.1 Å². The van der Waals surface area contributed by atoms with E-state index in [9.17, 15) is 4.39 Å². The third-order valence-electron chi connectivity index (χ3n) is 2.98. The third-order valence-corrected chi connectivity index (χ3v) is 2.98. The van der Waals surface area contributed by atoms with Crippen molar-refractivity contribution in [3.63, 3.8) is 0 Å². The number of pyridine rings is 1. The lowest BCUT2D eigenvalue weighted by molar-refractivity contribution is 0.325. The summed E-state index contributed by atoms with van der Waals surface area (Å²) in [5, 5.41) is 0.585. The molecule has 2 aromatic rings. The van der Waals surface area contributed by atoms with Crippen LogP contribution in [0.1, 0.15) is 12.0 Å². The maximum Gasteiger partial charge on any atom is 0.132 e. The Kier molecular flexibility index (Phi) is 4.23. The first-order valence-corrected chi connectivity index (χ1v) is 6.13. The van der Waals surface area contributed by atoms with Crippen LogP contribution in [0.2, 0.25) is 0 Å². The Morgan fingerprint density at radius 2 is 2.17 bits per heavy atom. The fourth-order valence-electron chi connectivity index (χ4n) is 2.06. The summed E-state index contributed by atoms with van der Waals surface area (Å²) in [6.45, 7) is 2.38. The molecule has 0 spiro atoms. The lowest BCUT2D eigenvalue weighted by atomic mass is 10.1. The van der Waals surface area contributed by atoms with Gasteiger partial charge in [0.05, 0.1) is 5.52 Å². The van der Waals surface area contributed by atoms with Gasteiger partial charge in [0.15, 0.2) is 0 Å². The van der Waals surface area contributed by atoms with Gasteiger partial charge in [0.1, 0.15) is 5.82 Å². The lowest BCUT2D eigenvalue weighted by Gasteiger charge is -2.17. The van der Waals surface area contributed by atoms with Crippen LogP contribution in [0.4, 0.5) is 4.39 Å². The van der Waals surface area contributed by atoms with Crippen molar-refractivity contribution in [1.82, 2.24) is 9.88 Å². The van der Waals surface area contributed by atoms with Gasteiger partial charge in [0.2, 0.25) is 0 Å². The molecule has 0 aliphatic heterocycles. The van der Waals surface area contributed by atoms with E-state index in [1.165, 1.54) is 6.07 Å². The topological polar surface area (TPSA) is 42.1 Å². The maximum atomic E-state index is 13.6. The Hall–Kier alpha value is -1.52. The number of hydrogen-bond donors (Lipinski definition) is 1. The fourth-order valence-corrected chi connectivity index (χ4v) is 2.06. The molecule has 3 nitrogen and oxygen atoms in total. The van der Waals surface area contributed by atoms with Crippen LogP contribution >= 0.6 is 0 Å². The van der Waals surface area contributed by atoms with Gasteiger partial charge in [-0.2, -0.15) is 0 Å². The second-order valence-corrected chi connectivity index (χ2v) is 4.49. The van der Waals surface area contributed by atoms with Crippen LogP contribution in [-0.2, 0) is 6.54 Å². The molecule has 18 heavy (non-hydrogen) atoms. The van der Waals surface area contributed by atoms with Crippen molar-refractivity contribution in [3.05, 3.63) is 41.8 Å². The molecule has 1 heterocycles. The molecular formula is C14H18FN3. The van der Waals surface area contributed by atoms with E-state index >= 15 is 0 Å². The van der Waals surface area contributed by atoms with Gasteiger partial charge >= 0.3 is 0 Å². The van der Waals surface area contributed by atoms with Gasteiger partial charge < -0.3 is 10.6 Å². The summed E-state index contributed by atoms with van der Waals surface area (Å²) in [6, 6.07) is 6.84. The van der Waals surface area contributed by atoms with Crippen molar-refractivity contribution >= 4 is 10.9 Å². The van der Waals surface area contributed by atoms with E-state index in [1.54, 1.807) is 18.3 Å². The van der Waals surface area contributed by atoms with Gasteiger partial charge in [-0.25, -0.2) is 4.39 Å². The highest BCUT2D eigenvalue weighted by Gasteiger charge is 2.08. The zero-order valence-electron chi connectivity index (χ0n) is 10.6. The van der Waals surface area contributed by atoms with E-state index in [1.807, 2.05) is 13.1 Å². The average molecular weight is 247 g/mol. The number of fused-ring (bicyclic) bond motifs is 1. The molecule has 2 N–H and O–H groups in total. The van der Waals surface area contributed by atoms with Crippen molar-refractivity contribution in [2.75, 3.05) is 20.1 Å². The van der Waals surface area contributed by atoms with Gasteiger partial charge in [-0.3, -0.25) is 4.98 Å². The molecule has 0 amide bonds. The highest BCUT2D eigenvalue weighted by molar-refractivity contribution is 5.82. The van der Waals surface area contributed by atoms with E-state index in [0.717, 1.165) is 30.6 Å². The highest BCUT2D eigenvalue weighted by Crippen LogP contribution is 2.20. The number of benzene rings is 1. The summed E-state index contributed by atoms with van der Waals surface area (Å²) in [4.78, 5) is 6.46. The van der Waals surface area contributed by atoms with Crippen LogP contribution in [0.5, 0.6) is 0 Å². The minimum Gasteiger partial charge on any atom is -0.330 e. The smallest absolute Gasteiger partial charge is 0.132 e. The summed E-state index contributed by atoms with van der Waals surface area (Å²) in [6.07, 6.45) is 2.66. The van der Waals surface area contributed by atoms with Gasteiger partial charge in [-0.15, -0.1) is 0 Å². The number of halogens is 1. The number of hydrogen-bond acceptors (Lipinski definition) is 3. The summed E-state index contributed by atoms with van der Waals surface area (Å²) in [5.41, 5.74) is 7.29. The van der Waals surface area contributed by atoms with Gasteiger partial charge in [-0.1, -0.05) is 6.07 Å². The molecule has 1 aromatic carbocycles. The normalized spacial score (nSPS) is 11.3. The number of nitrogens with zero attached hydrogens (tertiary/aromatic N) is 2. The molecule has 1 aromatic heterocycles. The van der Waals surface area contributed by atoms with E-state index in [4.69, 9.17) is 5.73 Å². The zero-order chi connectivity index (χ0) is 13.0. The van der Waals surface area contributed by atoms with Crippen LogP contribution < -0.4 is 5.73 Å². The quantitative estimate of drug-likeness (QED) is 0.880. The molecular weight excluding hydrogens is 229 g/mol. The Morgan fingerprint density at radius 1 is 1.33 bits per heavy atom. The summed E-state index contributed by atoms with van der Waals surface area (Å²) < 4.78 is 13.6. The molecule has 96 valence electrons. The zero-order valence-corrected chi connectivity index (χ0v) is 10.6. The summed E-state index contributed by atoms with van der Waals surface area (Å²) >= 11 is 0. The predicted molar refractivity (Wildman–Crippen MR) is 71.7 cm³/mol. The minimum absolute atomic E-state index is 0.216. The van der Waals surface area contributed by atoms with E-state index in [0.29, 0.717) is 11.9 Å². The summed E-state index contributed by atoms with van der Waals surface area (Å²) in [7, 11) is 2.04. The molecule has 0 aliphatic carbocycles. The standard InChI is InChI=1S/C14H18FN3/c1-18(9-3-7-16)10-11-5-6-13(15)12-4-2-8-17-14(11)12/h2,4-6,8H,3,7,9-10,16H2,1H3. The number of rotatable bonds is 5. The van der Waals surface area contributed by atoms with Crippen molar-refractivity contribution in [2.24, 2.45) is 5.73 Å². The second-order valence-electron chi connectivity index (χ2n) is 4.49. The molecule has 0 radical (unpaired) electrons. The first-order chi connectivity index (χ1) is 8.72. The molecule has 4 heteroatoms. The first kappa shape index (κ1) is 12.9. The highest BCUT2D eigenvalue weighted by atomic mass is 19.1. The van der Waals surface area contributed by atoms with Gasteiger partial charge in [0.25, 0.3) is 0 Å². The summed E-state index contributed by atoms with van der Waals surface area (Å²) in [5.74, 6) is -0.216. The molecule has 0 atom stereocenters. The SMILES string of the molecule is CN(CCCN)Cc1ccc(F)c2cccnc12. The van der Waals surface area contributed by atoms with Crippen LogP contribution in [0.15, 0.2) is 30.5 Å². The predicted octanol–water partition coefficient (Wildman–Crippen LogP) is 2.15. The van der Waals surface area contributed by atoms with Crippen LogP contribution in [0.3, 0.4) is 0 Å². The average Bonchev–Trinajstić information content (AvgIpc) is 2.40. The molecule has 0 fully saturated rings.